The number of nitrogens with zero attached hydrogens (tertiary/aromatic N) is 3. The number of benzene rings is 2. The highest BCUT2D eigenvalue weighted by Gasteiger charge is 2.11. The van der Waals surface area contributed by atoms with E-state index in [4.69, 9.17) is 9.72 Å². The van der Waals surface area contributed by atoms with Crippen LogP contribution in [0.4, 0.5) is 23.0 Å². The van der Waals surface area contributed by atoms with Gasteiger partial charge in [0.05, 0.1) is 13.2 Å². The van der Waals surface area contributed by atoms with E-state index in [2.05, 4.69) is 38.0 Å². The number of carbonyl (C=O) groups excluding carboxylic acids is 2. The summed E-state index contributed by atoms with van der Waals surface area (Å²) in [6.07, 6.45) is 4.17. The predicted octanol–water partition coefficient (Wildman–Crippen LogP) is 3.76. The fourth-order valence-corrected chi connectivity index (χ4v) is 4.27. The molecule has 2 heterocycles. The van der Waals surface area contributed by atoms with Crippen LogP contribution in [0.1, 0.15) is 5.56 Å². The molecule has 3 N–H and O–H groups in total. The van der Waals surface area contributed by atoms with Gasteiger partial charge in [0.25, 0.3) is 0 Å². The van der Waals surface area contributed by atoms with E-state index in [0.717, 1.165) is 47.5 Å². The van der Waals surface area contributed by atoms with Crippen molar-refractivity contribution < 1.29 is 14.3 Å². The molecule has 0 atom stereocenters. The van der Waals surface area contributed by atoms with Gasteiger partial charge in [-0.2, -0.15) is 0 Å². The number of nitrogens with one attached hydrogen (secondary N) is 3. The molecule has 1 aliphatic heterocycles. The van der Waals surface area contributed by atoms with Gasteiger partial charge < -0.3 is 25.6 Å². The highest BCUT2D eigenvalue weighted by Crippen LogP contribution is 2.30. The molecule has 1 aliphatic rings. The average molecular weight is 505 g/mol. The van der Waals surface area contributed by atoms with Crippen molar-refractivity contribution in [3.05, 3.63) is 72.4 Å². The van der Waals surface area contributed by atoms with Gasteiger partial charge in [0.2, 0.25) is 17.8 Å². The number of amides is 2. The molecule has 0 aliphatic carbocycles. The Balaban J connectivity index is 1.37. The minimum absolute atomic E-state index is 0.337. The van der Waals surface area contributed by atoms with Crippen molar-refractivity contribution in [3.63, 3.8) is 0 Å². The Kier molecular flexibility index (Phi) is 8.53. The normalized spacial score (nSPS) is 13.4. The van der Waals surface area contributed by atoms with E-state index in [9.17, 15) is 9.59 Å². The minimum Gasteiger partial charge on any atom is -0.378 e. The number of hydrogen-bond acceptors (Lipinski definition) is 8. The van der Waals surface area contributed by atoms with Crippen LogP contribution in [0.3, 0.4) is 0 Å². The lowest BCUT2D eigenvalue weighted by Gasteiger charge is -2.28. The highest BCUT2D eigenvalue weighted by molar-refractivity contribution is 7.99. The summed E-state index contributed by atoms with van der Waals surface area (Å²) in [5.41, 5.74) is 3.68. The Morgan fingerprint density at radius 2 is 1.64 bits per heavy atom. The molecule has 9 nitrogen and oxygen atoms in total. The first kappa shape index (κ1) is 25.2. The maximum absolute atomic E-state index is 11.9. The first-order valence-electron chi connectivity index (χ1n) is 11.5. The maximum Gasteiger partial charge on any atom is 0.248 e. The van der Waals surface area contributed by atoms with Gasteiger partial charge in [-0.05, 0) is 55.5 Å². The third-order valence-electron chi connectivity index (χ3n) is 5.39. The Morgan fingerprint density at radius 1 is 0.972 bits per heavy atom. The molecule has 3 aromatic rings. The topological polar surface area (TPSA) is 108 Å². The van der Waals surface area contributed by atoms with Gasteiger partial charge in [-0.3, -0.25) is 9.59 Å². The summed E-state index contributed by atoms with van der Waals surface area (Å²) >= 11 is 1.52. The summed E-state index contributed by atoms with van der Waals surface area (Å²) in [5, 5.41) is 9.26. The van der Waals surface area contributed by atoms with Gasteiger partial charge >= 0.3 is 0 Å². The largest absolute Gasteiger partial charge is 0.378 e. The number of anilines is 4. The van der Waals surface area contributed by atoms with Gasteiger partial charge in [-0.15, -0.1) is 0 Å². The molecule has 1 aromatic heterocycles. The molecular weight excluding hydrogens is 476 g/mol. The maximum atomic E-state index is 11.9. The third kappa shape index (κ3) is 7.06. The summed E-state index contributed by atoms with van der Waals surface area (Å²) in [5.74, 6) is -0.190. The molecule has 1 fully saturated rings. The number of morpholine rings is 1. The second kappa shape index (κ2) is 12.2. The molecule has 0 unspecified atom stereocenters. The molecular formula is C26H28N6O3S. The Morgan fingerprint density at radius 3 is 2.33 bits per heavy atom. The molecule has 1 saturated heterocycles. The molecule has 10 heteroatoms. The van der Waals surface area contributed by atoms with Crippen LogP contribution >= 0.6 is 11.8 Å². The first-order chi connectivity index (χ1) is 17.5. The van der Waals surface area contributed by atoms with E-state index in [1.807, 2.05) is 31.2 Å². The summed E-state index contributed by atoms with van der Waals surface area (Å²) in [7, 11) is 1.50. The first-order valence-corrected chi connectivity index (χ1v) is 12.3. The Labute approximate surface area is 214 Å². The van der Waals surface area contributed by atoms with Crippen LogP contribution < -0.4 is 20.9 Å². The number of aromatic nitrogens is 2. The van der Waals surface area contributed by atoms with Crippen LogP contribution in [0.25, 0.3) is 0 Å². The standard InChI is InChI=1S/C26H28N6O3S/c1-18-17-28-26(30-20-3-7-21(8-4-20)32-13-15-35-16-14-32)31-25(18)36-22-9-5-19(6-10-22)29-24(34)12-11-23(33)27-2/h3-12,17H,13-16H2,1-2H3,(H,27,33)(H,29,34)(H,28,30,31). The fraction of sp³-hybridized carbons (Fsp3) is 0.231. The number of rotatable bonds is 8. The molecule has 4 rings (SSSR count). The third-order valence-corrected chi connectivity index (χ3v) is 6.51. The second-order valence-corrected chi connectivity index (χ2v) is 9.08. The van der Waals surface area contributed by atoms with Crippen molar-refractivity contribution in [1.29, 1.82) is 0 Å². The van der Waals surface area contributed by atoms with Gasteiger partial charge in [-0.25, -0.2) is 9.97 Å². The van der Waals surface area contributed by atoms with Crippen LogP contribution in [0, 0.1) is 6.92 Å². The van der Waals surface area contributed by atoms with Crippen molar-refractivity contribution in [3.8, 4) is 0 Å². The van der Waals surface area contributed by atoms with E-state index < -0.39 is 0 Å². The molecule has 0 spiro atoms. The van der Waals surface area contributed by atoms with Crippen molar-refractivity contribution in [2.45, 2.75) is 16.8 Å². The molecule has 2 aromatic carbocycles. The van der Waals surface area contributed by atoms with E-state index in [-0.39, 0.29) is 11.8 Å². The lowest BCUT2D eigenvalue weighted by atomic mass is 10.2. The monoisotopic (exact) mass is 504 g/mol. The number of ether oxygens (including phenoxy) is 1. The molecule has 186 valence electrons. The van der Waals surface area contributed by atoms with Crippen LogP contribution in [0.5, 0.6) is 0 Å². The zero-order chi connectivity index (χ0) is 25.3. The van der Waals surface area contributed by atoms with Crippen molar-refractivity contribution >= 4 is 46.6 Å². The van der Waals surface area contributed by atoms with Crippen LogP contribution in [-0.4, -0.2) is 55.1 Å². The van der Waals surface area contributed by atoms with Crippen molar-refractivity contribution in [2.24, 2.45) is 0 Å². The molecule has 0 radical (unpaired) electrons. The van der Waals surface area contributed by atoms with E-state index in [1.54, 1.807) is 18.3 Å². The number of aryl methyl sites for hydroxylation is 1. The van der Waals surface area contributed by atoms with Crippen LogP contribution in [0.15, 0.2) is 76.8 Å². The minimum atomic E-state index is -0.376. The number of hydrogen-bond donors (Lipinski definition) is 3. The van der Waals surface area contributed by atoms with Crippen LogP contribution in [-0.2, 0) is 14.3 Å². The number of carbonyl (C=O) groups is 2. The smallest absolute Gasteiger partial charge is 0.248 e. The summed E-state index contributed by atoms with van der Waals surface area (Å²) in [6.45, 7) is 5.28. The molecule has 0 bridgehead atoms. The zero-order valence-corrected chi connectivity index (χ0v) is 21.0. The van der Waals surface area contributed by atoms with Gasteiger partial charge in [0.1, 0.15) is 5.03 Å². The highest BCUT2D eigenvalue weighted by atomic mass is 32.2. The molecule has 0 saturated carbocycles. The Hall–Kier alpha value is -3.89. The predicted molar refractivity (Wildman–Crippen MR) is 142 cm³/mol. The summed E-state index contributed by atoms with van der Waals surface area (Å²) in [6, 6.07) is 15.6. The fourth-order valence-electron chi connectivity index (χ4n) is 3.43. The van der Waals surface area contributed by atoms with Gasteiger partial charge in [-0.1, -0.05) is 11.8 Å². The number of likely N-dealkylation sites (N-methyl/N-ethyl adjacent to an activating group) is 1. The lowest BCUT2D eigenvalue weighted by molar-refractivity contribution is -0.117. The van der Waals surface area contributed by atoms with Crippen molar-refractivity contribution in [2.75, 3.05) is 48.9 Å². The molecule has 2 amide bonds. The SMILES string of the molecule is CNC(=O)C=CC(=O)Nc1ccc(Sc2nc(Nc3ccc(N4CCOCC4)cc3)ncc2C)cc1. The second-order valence-electron chi connectivity index (χ2n) is 8.02. The summed E-state index contributed by atoms with van der Waals surface area (Å²) < 4.78 is 5.42. The van der Waals surface area contributed by atoms with Gasteiger partial charge in [0.15, 0.2) is 0 Å². The van der Waals surface area contributed by atoms with Crippen LogP contribution in [0.2, 0.25) is 0 Å². The Bertz CT molecular complexity index is 1230. The van der Waals surface area contributed by atoms with Crippen molar-refractivity contribution in [1.82, 2.24) is 15.3 Å². The van der Waals surface area contributed by atoms with E-state index in [0.29, 0.717) is 11.6 Å². The van der Waals surface area contributed by atoms with Gasteiger partial charge in [0, 0.05) is 66.0 Å². The zero-order valence-electron chi connectivity index (χ0n) is 20.2. The van der Waals surface area contributed by atoms with E-state index in [1.165, 1.54) is 36.6 Å². The summed E-state index contributed by atoms with van der Waals surface area (Å²) in [4.78, 5) is 35.5. The average Bonchev–Trinajstić information content (AvgIpc) is 2.91. The molecule has 36 heavy (non-hydrogen) atoms. The van der Waals surface area contributed by atoms with E-state index >= 15 is 0 Å². The quantitative estimate of drug-likeness (QED) is 0.314. The lowest BCUT2D eigenvalue weighted by Crippen LogP contribution is -2.36.